The van der Waals surface area contributed by atoms with Gasteiger partial charge >= 0.3 is 0 Å². The van der Waals surface area contributed by atoms with Crippen molar-refractivity contribution in [3.63, 3.8) is 0 Å². The van der Waals surface area contributed by atoms with Crippen LogP contribution in [0, 0.1) is 12.7 Å². The van der Waals surface area contributed by atoms with Crippen molar-refractivity contribution in [2.45, 2.75) is 45.1 Å². The Bertz CT molecular complexity index is 999. The van der Waals surface area contributed by atoms with Crippen LogP contribution >= 0.6 is 0 Å². The van der Waals surface area contributed by atoms with Crippen molar-refractivity contribution < 1.29 is 13.7 Å². The Kier molecular flexibility index (Phi) is 5.19. The lowest BCUT2D eigenvalue weighted by Crippen LogP contribution is -2.38. The second kappa shape index (κ2) is 7.92. The van der Waals surface area contributed by atoms with Gasteiger partial charge in [-0.2, -0.15) is 4.98 Å². The quantitative estimate of drug-likeness (QED) is 0.732. The minimum Gasteiger partial charge on any atom is -0.353 e. The Hall–Kier alpha value is -3.02. The minimum absolute atomic E-state index is 0.0227. The fourth-order valence-electron chi connectivity index (χ4n) is 3.55. The van der Waals surface area contributed by atoms with Crippen molar-refractivity contribution in [2.75, 3.05) is 0 Å². The number of nitrogens with zero attached hydrogens (tertiary/aromatic N) is 2. The van der Waals surface area contributed by atoms with Gasteiger partial charge in [0.15, 0.2) is 0 Å². The molecule has 1 heterocycles. The lowest BCUT2D eigenvalue weighted by atomic mass is 9.88. The second-order valence-electron chi connectivity index (χ2n) is 7.25. The van der Waals surface area contributed by atoms with Gasteiger partial charge in [-0.15, -0.1) is 0 Å². The molecule has 3 aromatic rings. The summed E-state index contributed by atoms with van der Waals surface area (Å²) in [6.07, 6.45) is 3.44. The summed E-state index contributed by atoms with van der Waals surface area (Å²) in [7, 11) is 0. The molecule has 0 fully saturated rings. The number of carbonyl (C=O) groups is 1. The molecule has 0 spiro atoms. The van der Waals surface area contributed by atoms with E-state index in [0.717, 1.165) is 19.3 Å². The number of hydrogen-bond donors (Lipinski definition) is 1. The van der Waals surface area contributed by atoms with Crippen LogP contribution in [0.2, 0.25) is 0 Å². The van der Waals surface area contributed by atoms with Crippen LogP contribution in [0.25, 0.3) is 11.4 Å². The topological polar surface area (TPSA) is 68.0 Å². The van der Waals surface area contributed by atoms with Crippen LogP contribution in [0.3, 0.4) is 0 Å². The number of amides is 1. The van der Waals surface area contributed by atoms with E-state index in [1.165, 1.54) is 17.2 Å². The van der Waals surface area contributed by atoms with Crippen LogP contribution in [0.15, 0.2) is 47.0 Å². The van der Waals surface area contributed by atoms with Gasteiger partial charge in [0.2, 0.25) is 17.6 Å². The molecule has 5 nitrogen and oxygen atoms in total. The van der Waals surface area contributed by atoms with E-state index in [4.69, 9.17) is 4.52 Å². The maximum Gasteiger partial charge on any atom is 0.227 e. The smallest absolute Gasteiger partial charge is 0.227 e. The molecule has 144 valence electrons. The number of halogens is 1. The van der Waals surface area contributed by atoms with E-state index < -0.39 is 0 Å². The molecule has 1 N–H and O–H groups in total. The first kappa shape index (κ1) is 18.3. The monoisotopic (exact) mass is 379 g/mol. The first-order valence-corrected chi connectivity index (χ1v) is 9.54. The number of carbonyl (C=O) groups excluding carboxylic acids is 1. The molecule has 1 amide bonds. The number of fused-ring (bicyclic) bond motifs is 1. The van der Waals surface area contributed by atoms with Gasteiger partial charge in [0.1, 0.15) is 5.82 Å². The number of aryl methyl sites for hydroxylation is 3. The Morgan fingerprint density at radius 1 is 1.25 bits per heavy atom. The minimum atomic E-state index is -0.308. The highest BCUT2D eigenvalue weighted by molar-refractivity contribution is 5.76. The molecule has 2 aromatic carbocycles. The highest BCUT2D eigenvalue weighted by Gasteiger charge is 2.20. The summed E-state index contributed by atoms with van der Waals surface area (Å²) in [4.78, 5) is 16.6. The van der Waals surface area contributed by atoms with Gasteiger partial charge in [0.25, 0.3) is 0 Å². The van der Waals surface area contributed by atoms with Gasteiger partial charge in [-0.05, 0) is 48.9 Å². The van der Waals surface area contributed by atoms with Crippen molar-refractivity contribution in [1.29, 1.82) is 0 Å². The highest BCUT2D eigenvalue weighted by Crippen LogP contribution is 2.22. The SMILES string of the molecule is Cc1ccc(-c2noc(CCC(=O)NC3CCc4ccccc4C3)n2)cc1F. The predicted octanol–water partition coefficient (Wildman–Crippen LogP) is 3.79. The van der Waals surface area contributed by atoms with Crippen molar-refractivity contribution in [2.24, 2.45) is 0 Å². The maximum atomic E-state index is 13.7. The molecule has 4 rings (SSSR count). The van der Waals surface area contributed by atoms with Crippen LogP contribution < -0.4 is 5.32 Å². The molecular formula is C22H22FN3O2. The Balaban J connectivity index is 1.31. The lowest BCUT2D eigenvalue weighted by molar-refractivity contribution is -0.121. The summed E-state index contributed by atoms with van der Waals surface area (Å²) >= 11 is 0. The van der Waals surface area contributed by atoms with E-state index in [9.17, 15) is 9.18 Å². The molecule has 1 unspecified atom stereocenters. The second-order valence-corrected chi connectivity index (χ2v) is 7.25. The van der Waals surface area contributed by atoms with E-state index in [1.54, 1.807) is 19.1 Å². The number of rotatable bonds is 5. The summed E-state index contributed by atoms with van der Waals surface area (Å²) in [5.74, 6) is 0.376. The fraction of sp³-hybridized carbons (Fsp3) is 0.318. The van der Waals surface area contributed by atoms with Crippen molar-refractivity contribution in [1.82, 2.24) is 15.5 Å². The largest absolute Gasteiger partial charge is 0.353 e. The van der Waals surface area contributed by atoms with Crippen LogP contribution in [-0.4, -0.2) is 22.1 Å². The number of aromatic nitrogens is 2. The van der Waals surface area contributed by atoms with Crippen LogP contribution in [0.4, 0.5) is 4.39 Å². The van der Waals surface area contributed by atoms with Gasteiger partial charge in [-0.1, -0.05) is 41.6 Å². The molecule has 1 aliphatic carbocycles. The first-order valence-electron chi connectivity index (χ1n) is 9.54. The molecular weight excluding hydrogens is 357 g/mol. The fourth-order valence-corrected chi connectivity index (χ4v) is 3.55. The van der Waals surface area contributed by atoms with Gasteiger partial charge in [-0.25, -0.2) is 4.39 Å². The average Bonchev–Trinajstić information content (AvgIpc) is 3.17. The molecule has 1 atom stereocenters. The van der Waals surface area contributed by atoms with Crippen LogP contribution in [0.1, 0.15) is 35.4 Å². The molecule has 0 aliphatic heterocycles. The van der Waals surface area contributed by atoms with Crippen molar-refractivity contribution in [3.8, 4) is 11.4 Å². The standard InChI is InChI=1S/C22H22FN3O2/c1-14-6-7-17(13-19(14)23)22-25-21(28-26-22)11-10-20(27)24-18-9-8-15-4-2-3-5-16(15)12-18/h2-7,13,18H,8-12H2,1H3,(H,24,27). The zero-order valence-electron chi connectivity index (χ0n) is 15.7. The first-order chi connectivity index (χ1) is 13.6. The zero-order chi connectivity index (χ0) is 19.5. The van der Waals surface area contributed by atoms with Crippen molar-refractivity contribution in [3.05, 3.63) is 70.9 Å². The van der Waals surface area contributed by atoms with Crippen molar-refractivity contribution >= 4 is 5.91 Å². The third-order valence-electron chi connectivity index (χ3n) is 5.18. The molecule has 6 heteroatoms. The molecule has 0 saturated carbocycles. The van der Waals surface area contributed by atoms with E-state index in [-0.39, 0.29) is 24.2 Å². The van der Waals surface area contributed by atoms with Gasteiger partial charge in [0, 0.05) is 24.4 Å². The van der Waals surface area contributed by atoms with E-state index >= 15 is 0 Å². The maximum absolute atomic E-state index is 13.7. The van der Waals surface area contributed by atoms with Gasteiger partial charge < -0.3 is 9.84 Å². The summed E-state index contributed by atoms with van der Waals surface area (Å²) in [5, 5.41) is 7.00. The molecule has 0 radical (unpaired) electrons. The average molecular weight is 379 g/mol. The molecule has 0 saturated heterocycles. The van der Waals surface area contributed by atoms with Crippen LogP contribution in [-0.2, 0) is 24.1 Å². The third kappa shape index (κ3) is 4.11. The summed E-state index contributed by atoms with van der Waals surface area (Å²) in [6, 6.07) is 13.4. The predicted molar refractivity (Wildman–Crippen MR) is 103 cm³/mol. The summed E-state index contributed by atoms with van der Waals surface area (Å²) in [6.45, 7) is 1.70. The third-order valence-corrected chi connectivity index (χ3v) is 5.18. The lowest BCUT2D eigenvalue weighted by Gasteiger charge is -2.25. The molecule has 1 aliphatic rings. The highest BCUT2D eigenvalue weighted by atomic mass is 19.1. The van der Waals surface area contributed by atoms with E-state index in [0.29, 0.717) is 29.3 Å². The summed E-state index contributed by atoms with van der Waals surface area (Å²) < 4.78 is 18.9. The van der Waals surface area contributed by atoms with E-state index in [1.807, 2.05) is 6.07 Å². The van der Waals surface area contributed by atoms with Crippen LogP contribution in [0.5, 0.6) is 0 Å². The number of nitrogens with one attached hydrogen (secondary N) is 1. The number of hydrogen-bond acceptors (Lipinski definition) is 4. The van der Waals surface area contributed by atoms with Gasteiger partial charge in [-0.3, -0.25) is 4.79 Å². The van der Waals surface area contributed by atoms with Gasteiger partial charge in [0.05, 0.1) is 0 Å². The van der Waals surface area contributed by atoms with E-state index in [2.05, 4.69) is 33.7 Å². The zero-order valence-corrected chi connectivity index (χ0v) is 15.7. The summed E-state index contributed by atoms with van der Waals surface area (Å²) in [5.41, 5.74) is 3.81. The Labute approximate surface area is 163 Å². The Morgan fingerprint density at radius 2 is 2.07 bits per heavy atom. The molecule has 28 heavy (non-hydrogen) atoms. The molecule has 0 bridgehead atoms. The normalized spacial score (nSPS) is 15.9. The number of benzene rings is 2. The Morgan fingerprint density at radius 3 is 2.89 bits per heavy atom. The molecule has 1 aromatic heterocycles.